The van der Waals surface area contributed by atoms with Gasteiger partial charge in [0.1, 0.15) is 11.5 Å². The number of rotatable bonds is 8. The van der Waals surface area contributed by atoms with Gasteiger partial charge in [0.2, 0.25) is 0 Å². The van der Waals surface area contributed by atoms with Crippen molar-refractivity contribution in [2.75, 3.05) is 21.3 Å². The molecule has 0 aliphatic carbocycles. The Morgan fingerprint density at radius 1 is 1.04 bits per heavy atom. The molecular formula is C19H21BrN2O5. The zero-order valence-corrected chi connectivity index (χ0v) is 17.1. The van der Waals surface area contributed by atoms with E-state index in [0.717, 1.165) is 4.47 Å². The number of amides is 1. The lowest BCUT2D eigenvalue weighted by Gasteiger charge is -2.14. The van der Waals surface area contributed by atoms with Gasteiger partial charge in [-0.15, -0.1) is 0 Å². The second-order valence-electron chi connectivity index (χ2n) is 5.37. The topological polar surface area (TPSA) is 78.4 Å². The van der Waals surface area contributed by atoms with Crippen molar-refractivity contribution in [1.29, 1.82) is 0 Å². The lowest BCUT2D eigenvalue weighted by atomic mass is 10.2. The van der Waals surface area contributed by atoms with Gasteiger partial charge in [-0.1, -0.05) is 12.1 Å². The Kier molecular flexibility index (Phi) is 7.48. The SMILES string of the molecule is COc1cc(OC)c(OC)cc1/C=N\NC(=O)[C@@H](C)Oc1ccccc1Br. The number of carbonyl (C=O) groups excluding carboxylic acids is 1. The summed E-state index contributed by atoms with van der Waals surface area (Å²) in [6.45, 7) is 1.64. The van der Waals surface area contributed by atoms with Gasteiger partial charge in [0.15, 0.2) is 17.6 Å². The lowest BCUT2D eigenvalue weighted by molar-refractivity contribution is -0.127. The summed E-state index contributed by atoms with van der Waals surface area (Å²) in [5.74, 6) is 1.78. The summed E-state index contributed by atoms with van der Waals surface area (Å²) in [7, 11) is 4.61. The number of hydrazone groups is 1. The molecule has 0 saturated heterocycles. The van der Waals surface area contributed by atoms with E-state index < -0.39 is 6.10 Å². The largest absolute Gasteiger partial charge is 0.496 e. The number of nitrogens with zero attached hydrogens (tertiary/aromatic N) is 1. The number of benzene rings is 2. The van der Waals surface area contributed by atoms with Crippen LogP contribution in [0.4, 0.5) is 0 Å². The van der Waals surface area contributed by atoms with Gasteiger partial charge in [-0.05, 0) is 41.1 Å². The number of para-hydroxylation sites is 1. The van der Waals surface area contributed by atoms with Gasteiger partial charge in [-0.3, -0.25) is 4.79 Å². The van der Waals surface area contributed by atoms with Crippen LogP contribution in [0.15, 0.2) is 46.0 Å². The van der Waals surface area contributed by atoms with Crippen LogP contribution >= 0.6 is 15.9 Å². The first kappa shape index (κ1) is 20.6. The molecule has 0 aliphatic heterocycles. The van der Waals surface area contributed by atoms with Gasteiger partial charge in [-0.2, -0.15) is 5.10 Å². The summed E-state index contributed by atoms with van der Waals surface area (Å²) in [5.41, 5.74) is 3.07. The Labute approximate surface area is 166 Å². The van der Waals surface area contributed by atoms with Crippen LogP contribution in [0.1, 0.15) is 12.5 Å². The normalized spacial score (nSPS) is 11.7. The minimum absolute atomic E-state index is 0.388. The molecule has 0 spiro atoms. The number of methoxy groups -OCH3 is 3. The van der Waals surface area contributed by atoms with E-state index >= 15 is 0 Å². The molecule has 0 radical (unpaired) electrons. The van der Waals surface area contributed by atoms with Crippen molar-refractivity contribution in [2.24, 2.45) is 5.10 Å². The predicted molar refractivity (Wildman–Crippen MR) is 106 cm³/mol. The van der Waals surface area contributed by atoms with Gasteiger partial charge < -0.3 is 18.9 Å². The monoisotopic (exact) mass is 436 g/mol. The van der Waals surface area contributed by atoms with Gasteiger partial charge in [0, 0.05) is 11.6 Å². The van der Waals surface area contributed by atoms with E-state index in [-0.39, 0.29) is 5.91 Å². The Hall–Kier alpha value is -2.74. The smallest absolute Gasteiger partial charge is 0.280 e. The molecule has 0 aliphatic rings. The van der Waals surface area contributed by atoms with E-state index in [2.05, 4.69) is 26.5 Å². The molecule has 0 unspecified atom stereocenters. The maximum Gasteiger partial charge on any atom is 0.280 e. The van der Waals surface area contributed by atoms with Crippen molar-refractivity contribution in [2.45, 2.75) is 13.0 Å². The molecule has 1 amide bonds. The van der Waals surface area contributed by atoms with Crippen molar-refractivity contribution in [3.05, 3.63) is 46.4 Å². The standard InChI is InChI=1S/C19H21BrN2O5/c1-12(27-15-8-6-5-7-14(15)20)19(23)22-21-11-13-9-17(25-3)18(26-4)10-16(13)24-2/h5-12H,1-4H3,(H,22,23)/b21-11-/t12-/m1/s1. The number of hydrogen-bond acceptors (Lipinski definition) is 6. The highest BCUT2D eigenvalue weighted by Gasteiger charge is 2.15. The Morgan fingerprint density at radius 3 is 2.30 bits per heavy atom. The molecule has 0 aromatic heterocycles. The fourth-order valence-corrected chi connectivity index (χ4v) is 2.57. The summed E-state index contributed by atoms with van der Waals surface area (Å²) in [6.07, 6.45) is 0.734. The molecule has 0 bridgehead atoms. The maximum atomic E-state index is 12.2. The molecule has 2 aromatic carbocycles. The molecule has 1 N–H and O–H groups in total. The average molecular weight is 437 g/mol. The number of ether oxygens (including phenoxy) is 4. The Bertz CT molecular complexity index is 826. The van der Waals surface area contributed by atoms with Gasteiger partial charge in [-0.25, -0.2) is 5.43 Å². The predicted octanol–water partition coefficient (Wildman–Crippen LogP) is 3.39. The van der Waals surface area contributed by atoms with Gasteiger partial charge in [0.25, 0.3) is 5.91 Å². The van der Waals surface area contributed by atoms with Crippen molar-refractivity contribution < 1.29 is 23.7 Å². The number of carbonyl (C=O) groups is 1. The van der Waals surface area contributed by atoms with Crippen LogP contribution in [0.5, 0.6) is 23.0 Å². The van der Waals surface area contributed by atoms with Crippen LogP contribution in [0.3, 0.4) is 0 Å². The van der Waals surface area contributed by atoms with E-state index in [1.54, 1.807) is 25.1 Å². The lowest BCUT2D eigenvalue weighted by Crippen LogP contribution is -2.33. The molecule has 144 valence electrons. The van der Waals surface area contributed by atoms with Crippen molar-refractivity contribution in [3.63, 3.8) is 0 Å². The first-order valence-corrected chi connectivity index (χ1v) is 8.83. The van der Waals surface area contributed by atoms with E-state index in [9.17, 15) is 4.79 Å². The minimum Gasteiger partial charge on any atom is -0.496 e. The molecule has 27 heavy (non-hydrogen) atoms. The highest BCUT2D eigenvalue weighted by Crippen LogP contribution is 2.33. The first-order chi connectivity index (χ1) is 13.0. The highest BCUT2D eigenvalue weighted by molar-refractivity contribution is 9.10. The average Bonchev–Trinajstić information content (AvgIpc) is 2.68. The zero-order chi connectivity index (χ0) is 19.8. The molecule has 0 fully saturated rings. The van der Waals surface area contributed by atoms with Crippen LogP contribution < -0.4 is 24.4 Å². The third kappa shape index (κ3) is 5.37. The summed E-state index contributed by atoms with van der Waals surface area (Å²) >= 11 is 3.38. The molecular weight excluding hydrogens is 416 g/mol. The second kappa shape index (κ2) is 9.82. The zero-order valence-electron chi connectivity index (χ0n) is 15.5. The van der Waals surface area contributed by atoms with Crippen LogP contribution in [-0.4, -0.2) is 39.6 Å². The number of nitrogens with one attached hydrogen (secondary N) is 1. The van der Waals surface area contributed by atoms with E-state index in [1.807, 2.05) is 18.2 Å². The van der Waals surface area contributed by atoms with Crippen molar-refractivity contribution >= 4 is 28.1 Å². The molecule has 7 nitrogen and oxygen atoms in total. The third-order valence-electron chi connectivity index (χ3n) is 3.62. The van der Waals surface area contributed by atoms with Gasteiger partial charge in [0.05, 0.1) is 32.0 Å². The van der Waals surface area contributed by atoms with Crippen molar-refractivity contribution in [3.8, 4) is 23.0 Å². The molecule has 2 aromatic rings. The Balaban J connectivity index is 2.06. The van der Waals surface area contributed by atoms with Crippen LogP contribution in [0.2, 0.25) is 0 Å². The first-order valence-electron chi connectivity index (χ1n) is 8.04. The second-order valence-corrected chi connectivity index (χ2v) is 6.23. The summed E-state index contributed by atoms with van der Waals surface area (Å²) < 4.78 is 22.2. The number of halogens is 1. The molecule has 0 heterocycles. The van der Waals surface area contributed by atoms with E-state index in [1.165, 1.54) is 27.5 Å². The molecule has 0 saturated carbocycles. The molecule has 8 heteroatoms. The summed E-state index contributed by atoms with van der Waals surface area (Å²) in [6, 6.07) is 10.7. The molecule has 2 rings (SSSR count). The van der Waals surface area contributed by atoms with Crippen LogP contribution in [0, 0.1) is 0 Å². The molecule has 1 atom stereocenters. The Morgan fingerprint density at radius 2 is 1.67 bits per heavy atom. The maximum absolute atomic E-state index is 12.2. The van der Waals surface area contributed by atoms with E-state index in [4.69, 9.17) is 18.9 Å². The number of hydrogen-bond donors (Lipinski definition) is 1. The highest BCUT2D eigenvalue weighted by atomic mass is 79.9. The summed E-state index contributed by atoms with van der Waals surface area (Å²) in [4.78, 5) is 12.2. The van der Waals surface area contributed by atoms with Crippen molar-refractivity contribution in [1.82, 2.24) is 5.43 Å². The van der Waals surface area contributed by atoms with Crippen LogP contribution in [-0.2, 0) is 4.79 Å². The quantitative estimate of drug-likeness (QED) is 0.506. The van der Waals surface area contributed by atoms with Gasteiger partial charge >= 0.3 is 0 Å². The fourth-order valence-electron chi connectivity index (χ4n) is 2.19. The van der Waals surface area contributed by atoms with Crippen LogP contribution in [0.25, 0.3) is 0 Å². The minimum atomic E-state index is -0.729. The fraction of sp³-hybridized carbons (Fsp3) is 0.263. The van der Waals surface area contributed by atoms with E-state index in [0.29, 0.717) is 28.6 Å². The third-order valence-corrected chi connectivity index (χ3v) is 4.28. The summed E-state index contributed by atoms with van der Waals surface area (Å²) in [5, 5.41) is 3.97.